The molecule has 0 spiro atoms. The summed E-state index contributed by atoms with van der Waals surface area (Å²) in [5.41, 5.74) is 1.01. The summed E-state index contributed by atoms with van der Waals surface area (Å²) in [5.74, 6) is -1.36. The molecule has 1 heterocycles. The van der Waals surface area contributed by atoms with E-state index in [1.807, 2.05) is 6.07 Å². The molecule has 0 fully saturated rings. The first-order valence-electron chi connectivity index (χ1n) is 6.15. The smallest absolute Gasteiger partial charge is 0.305 e. The van der Waals surface area contributed by atoms with Gasteiger partial charge < -0.3 is 10.4 Å². The lowest BCUT2D eigenvalue weighted by Gasteiger charge is -2.17. The predicted molar refractivity (Wildman–Crippen MR) is 73.1 cm³/mol. The molecule has 2 aromatic rings. The third-order valence-corrected chi connectivity index (χ3v) is 2.78. The van der Waals surface area contributed by atoms with Gasteiger partial charge >= 0.3 is 5.97 Å². The molecular formula is C15H14N2O3. The maximum atomic E-state index is 12.0. The van der Waals surface area contributed by atoms with Gasteiger partial charge in [0.15, 0.2) is 0 Å². The average Bonchev–Trinajstić information content (AvgIpc) is 2.48. The van der Waals surface area contributed by atoms with Crippen molar-refractivity contribution in [2.24, 2.45) is 0 Å². The largest absolute Gasteiger partial charge is 0.481 e. The molecule has 0 bridgehead atoms. The molecule has 0 saturated carbocycles. The standard InChI is InChI=1S/C15H14N2O3/c18-14(19)10-13(11-6-2-1-3-7-11)17-15(20)12-8-4-5-9-16-12/h1-9,13H,10H2,(H,17,20)(H,18,19). The van der Waals surface area contributed by atoms with Crippen molar-refractivity contribution >= 4 is 11.9 Å². The Morgan fingerprint density at radius 3 is 2.40 bits per heavy atom. The number of aromatic nitrogens is 1. The van der Waals surface area contributed by atoms with E-state index in [-0.39, 0.29) is 18.0 Å². The topological polar surface area (TPSA) is 79.3 Å². The van der Waals surface area contributed by atoms with Crippen LogP contribution in [0.4, 0.5) is 0 Å². The molecule has 1 unspecified atom stereocenters. The SMILES string of the molecule is O=C(O)CC(NC(=O)c1ccccn1)c1ccccc1. The molecule has 0 saturated heterocycles. The van der Waals surface area contributed by atoms with Crippen molar-refractivity contribution in [2.75, 3.05) is 0 Å². The van der Waals surface area contributed by atoms with Crippen LogP contribution < -0.4 is 5.32 Å². The first-order chi connectivity index (χ1) is 9.66. The summed E-state index contributed by atoms with van der Waals surface area (Å²) in [6.45, 7) is 0. The highest BCUT2D eigenvalue weighted by Gasteiger charge is 2.19. The van der Waals surface area contributed by atoms with Crippen LogP contribution in [0.15, 0.2) is 54.7 Å². The number of nitrogens with one attached hydrogen (secondary N) is 1. The van der Waals surface area contributed by atoms with Crippen LogP contribution in [-0.2, 0) is 4.79 Å². The fourth-order valence-corrected chi connectivity index (χ4v) is 1.84. The molecule has 5 nitrogen and oxygen atoms in total. The van der Waals surface area contributed by atoms with Gasteiger partial charge in [-0.2, -0.15) is 0 Å². The summed E-state index contributed by atoms with van der Waals surface area (Å²) in [5, 5.41) is 11.7. The number of nitrogens with zero attached hydrogens (tertiary/aromatic N) is 1. The second kappa shape index (κ2) is 6.47. The van der Waals surface area contributed by atoms with Crippen molar-refractivity contribution in [3.05, 3.63) is 66.0 Å². The summed E-state index contributed by atoms with van der Waals surface area (Å²) in [7, 11) is 0. The van der Waals surface area contributed by atoms with Gasteiger partial charge in [-0.15, -0.1) is 0 Å². The van der Waals surface area contributed by atoms with Gasteiger partial charge in [-0.3, -0.25) is 14.6 Å². The Bertz CT molecular complexity index is 585. The molecule has 102 valence electrons. The first kappa shape index (κ1) is 13.7. The minimum atomic E-state index is -0.972. The zero-order valence-corrected chi connectivity index (χ0v) is 10.7. The number of carbonyl (C=O) groups excluding carboxylic acids is 1. The van der Waals surface area contributed by atoms with Crippen LogP contribution in [-0.4, -0.2) is 22.0 Å². The number of amides is 1. The summed E-state index contributed by atoms with van der Waals surface area (Å²) in [4.78, 5) is 26.9. The second-order valence-corrected chi connectivity index (χ2v) is 4.25. The molecule has 0 aliphatic carbocycles. The lowest BCUT2D eigenvalue weighted by Crippen LogP contribution is -2.30. The lowest BCUT2D eigenvalue weighted by atomic mass is 10.0. The van der Waals surface area contributed by atoms with E-state index in [1.54, 1.807) is 42.5 Å². The molecule has 1 aromatic carbocycles. The predicted octanol–water partition coefficient (Wildman–Crippen LogP) is 2.03. The maximum Gasteiger partial charge on any atom is 0.305 e. The molecular weight excluding hydrogens is 256 g/mol. The van der Waals surface area contributed by atoms with Crippen molar-refractivity contribution in [1.82, 2.24) is 10.3 Å². The highest BCUT2D eigenvalue weighted by atomic mass is 16.4. The molecule has 1 amide bonds. The van der Waals surface area contributed by atoms with Crippen molar-refractivity contribution in [2.45, 2.75) is 12.5 Å². The van der Waals surface area contributed by atoms with Gasteiger partial charge in [-0.05, 0) is 17.7 Å². The van der Waals surface area contributed by atoms with Crippen molar-refractivity contribution in [1.29, 1.82) is 0 Å². The molecule has 1 aromatic heterocycles. The fourth-order valence-electron chi connectivity index (χ4n) is 1.84. The fraction of sp³-hybridized carbons (Fsp3) is 0.133. The maximum absolute atomic E-state index is 12.0. The number of carbonyl (C=O) groups is 2. The molecule has 0 aliphatic rings. The number of hydrogen-bond donors (Lipinski definition) is 2. The number of carboxylic acids is 1. The van der Waals surface area contributed by atoms with Crippen molar-refractivity contribution in [3.8, 4) is 0 Å². The normalized spacial score (nSPS) is 11.6. The summed E-state index contributed by atoms with van der Waals surface area (Å²) >= 11 is 0. The van der Waals surface area contributed by atoms with Gasteiger partial charge in [0.25, 0.3) is 5.91 Å². The molecule has 1 atom stereocenters. The number of hydrogen-bond acceptors (Lipinski definition) is 3. The molecule has 5 heteroatoms. The van der Waals surface area contributed by atoms with Crippen molar-refractivity contribution < 1.29 is 14.7 Å². The van der Waals surface area contributed by atoms with E-state index in [0.29, 0.717) is 0 Å². The van der Waals surface area contributed by atoms with E-state index in [1.165, 1.54) is 6.20 Å². The number of rotatable bonds is 5. The minimum Gasteiger partial charge on any atom is -0.481 e. The van der Waals surface area contributed by atoms with Crippen LogP contribution in [0.25, 0.3) is 0 Å². The van der Waals surface area contributed by atoms with Crippen LogP contribution in [0.1, 0.15) is 28.5 Å². The Kier molecular flexibility index (Phi) is 4.44. The second-order valence-electron chi connectivity index (χ2n) is 4.25. The molecule has 0 radical (unpaired) electrons. The van der Waals surface area contributed by atoms with E-state index in [0.717, 1.165) is 5.56 Å². The van der Waals surface area contributed by atoms with Crippen molar-refractivity contribution in [3.63, 3.8) is 0 Å². The zero-order valence-electron chi connectivity index (χ0n) is 10.7. The first-order valence-corrected chi connectivity index (χ1v) is 6.15. The van der Waals surface area contributed by atoms with Gasteiger partial charge in [0.2, 0.25) is 0 Å². The van der Waals surface area contributed by atoms with Gasteiger partial charge in [0.1, 0.15) is 5.69 Å². The Morgan fingerprint density at radius 2 is 1.80 bits per heavy atom. The van der Waals surface area contributed by atoms with E-state index in [9.17, 15) is 9.59 Å². The van der Waals surface area contributed by atoms with Crippen LogP contribution in [0.5, 0.6) is 0 Å². The number of pyridine rings is 1. The van der Waals surface area contributed by atoms with Crippen LogP contribution in [0.3, 0.4) is 0 Å². The van der Waals surface area contributed by atoms with Crippen LogP contribution in [0, 0.1) is 0 Å². The van der Waals surface area contributed by atoms with E-state index in [2.05, 4.69) is 10.3 Å². The Hall–Kier alpha value is -2.69. The third-order valence-electron chi connectivity index (χ3n) is 2.78. The van der Waals surface area contributed by atoms with Crippen LogP contribution in [0.2, 0.25) is 0 Å². The monoisotopic (exact) mass is 270 g/mol. The summed E-state index contributed by atoms with van der Waals surface area (Å²) in [6.07, 6.45) is 1.34. The van der Waals surface area contributed by atoms with E-state index < -0.39 is 12.0 Å². The number of benzene rings is 1. The minimum absolute atomic E-state index is 0.178. The van der Waals surface area contributed by atoms with Gasteiger partial charge in [0.05, 0.1) is 12.5 Å². The molecule has 2 N–H and O–H groups in total. The lowest BCUT2D eigenvalue weighted by molar-refractivity contribution is -0.137. The third kappa shape index (κ3) is 3.65. The Balaban J connectivity index is 2.16. The number of carboxylic acid groups (broad SMARTS) is 1. The quantitative estimate of drug-likeness (QED) is 0.871. The zero-order chi connectivity index (χ0) is 14.4. The van der Waals surface area contributed by atoms with Gasteiger partial charge in [-0.25, -0.2) is 0 Å². The van der Waals surface area contributed by atoms with Crippen LogP contribution >= 0.6 is 0 Å². The molecule has 0 aliphatic heterocycles. The highest BCUT2D eigenvalue weighted by Crippen LogP contribution is 2.17. The molecule has 2 rings (SSSR count). The van der Waals surface area contributed by atoms with E-state index >= 15 is 0 Å². The molecule has 20 heavy (non-hydrogen) atoms. The van der Waals surface area contributed by atoms with Gasteiger partial charge in [-0.1, -0.05) is 36.4 Å². The summed E-state index contributed by atoms with van der Waals surface area (Å²) < 4.78 is 0. The van der Waals surface area contributed by atoms with E-state index in [4.69, 9.17) is 5.11 Å². The average molecular weight is 270 g/mol. The Labute approximate surface area is 116 Å². The Morgan fingerprint density at radius 1 is 1.10 bits per heavy atom. The summed E-state index contributed by atoms with van der Waals surface area (Å²) in [6, 6.07) is 13.4. The highest BCUT2D eigenvalue weighted by molar-refractivity contribution is 5.92. The number of aliphatic carboxylic acids is 1. The van der Waals surface area contributed by atoms with Gasteiger partial charge in [0, 0.05) is 6.20 Å².